The van der Waals surface area contributed by atoms with Gasteiger partial charge in [-0.15, -0.1) is 0 Å². The van der Waals surface area contributed by atoms with Crippen LogP contribution in [0, 0.1) is 11.3 Å². The molecule has 28 heavy (non-hydrogen) atoms. The Hall–Kier alpha value is -2.40. The van der Waals surface area contributed by atoms with Crippen molar-refractivity contribution < 1.29 is 13.2 Å². The largest absolute Gasteiger partial charge is 0.378 e. The van der Waals surface area contributed by atoms with Gasteiger partial charge in [0.05, 0.1) is 16.6 Å². The second kappa shape index (κ2) is 8.74. The third-order valence-electron chi connectivity index (χ3n) is 4.87. The number of ether oxygens (including phenoxy) is 1. The molecule has 0 saturated carbocycles. The summed E-state index contributed by atoms with van der Waals surface area (Å²) in [5, 5.41) is 9.36. The van der Waals surface area contributed by atoms with E-state index in [1.165, 1.54) is 16.4 Å². The van der Waals surface area contributed by atoms with E-state index in [2.05, 4.69) is 0 Å². The van der Waals surface area contributed by atoms with Crippen LogP contribution in [0.3, 0.4) is 0 Å². The van der Waals surface area contributed by atoms with Gasteiger partial charge in [0.1, 0.15) is 6.07 Å². The topological polar surface area (TPSA) is 73.6 Å². The van der Waals surface area contributed by atoms with Crippen LogP contribution in [0.2, 0.25) is 0 Å². The molecule has 0 spiro atoms. The zero-order valence-corrected chi connectivity index (χ0v) is 17.0. The summed E-state index contributed by atoms with van der Waals surface area (Å²) >= 11 is 0. The number of benzene rings is 2. The van der Waals surface area contributed by atoms with Crippen LogP contribution in [0.5, 0.6) is 0 Å². The van der Waals surface area contributed by atoms with Gasteiger partial charge in [0.2, 0.25) is 10.0 Å². The summed E-state index contributed by atoms with van der Waals surface area (Å²) in [6.45, 7) is 1.16. The Kier molecular flexibility index (Phi) is 6.35. The fourth-order valence-electron chi connectivity index (χ4n) is 3.29. The van der Waals surface area contributed by atoms with Gasteiger partial charge in [-0.1, -0.05) is 24.3 Å². The number of nitrogens with zero attached hydrogens (tertiary/aromatic N) is 3. The molecular weight excluding hydrogens is 374 g/mol. The summed E-state index contributed by atoms with van der Waals surface area (Å²) < 4.78 is 33.9. The van der Waals surface area contributed by atoms with Crippen molar-refractivity contribution in [3.63, 3.8) is 0 Å². The van der Waals surface area contributed by atoms with Crippen molar-refractivity contribution in [1.29, 1.82) is 5.26 Å². The summed E-state index contributed by atoms with van der Waals surface area (Å²) in [6.07, 6.45) is 1.65. The maximum absolute atomic E-state index is 13.4. The predicted molar refractivity (Wildman–Crippen MR) is 108 cm³/mol. The minimum Gasteiger partial charge on any atom is -0.378 e. The van der Waals surface area contributed by atoms with E-state index in [-0.39, 0.29) is 29.7 Å². The van der Waals surface area contributed by atoms with Gasteiger partial charge in [-0.05, 0) is 42.7 Å². The molecule has 1 fully saturated rings. The first-order valence-electron chi connectivity index (χ1n) is 9.29. The Morgan fingerprint density at radius 1 is 1.14 bits per heavy atom. The monoisotopic (exact) mass is 399 g/mol. The molecule has 0 amide bonds. The SMILES string of the molecule is CN(C)c1ccc(CN(CC2CCCO2)S(=O)(=O)c2ccccc2C#N)cc1. The molecule has 7 heteroatoms. The molecule has 0 radical (unpaired) electrons. The van der Waals surface area contributed by atoms with Gasteiger partial charge < -0.3 is 9.64 Å². The molecule has 0 aliphatic carbocycles. The molecule has 0 N–H and O–H groups in total. The van der Waals surface area contributed by atoms with Gasteiger partial charge >= 0.3 is 0 Å². The molecule has 1 aliphatic heterocycles. The van der Waals surface area contributed by atoms with Gasteiger partial charge in [-0.3, -0.25) is 0 Å². The lowest BCUT2D eigenvalue weighted by Crippen LogP contribution is -2.37. The Morgan fingerprint density at radius 2 is 1.86 bits per heavy atom. The van der Waals surface area contributed by atoms with Crippen molar-refractivity contribution in [3.05, 3.63) is 59.7 Å². The van der Waals surface area contributed by atoms with E-state index in [1.807, 2.05) is 49.3 Å². The Labute approximate surface area is 167 Å². The summed E-state index contributed by atoms with van der Waals surface area (Å²) in [6, 6.07) is 16.1. The van der Waals surface area contributed by atoms with Crippen LogP contribution in [-0.4, -0.2) is 46.1 Å². The minimum atomic E-state index is -3.84. The van der Waals surface area contributed by atoms with E-state index >= 15 is 0 Å². The zero-order chi connectivity index (χ0) is 20.1. The number of anilines is 1. The highest BCUT2D eigenvalue weighted by atomic mass is 32.2. The van der Waals surface area contributed by atoms with Crippen LogP contribution in [0.15, 0.2) is 53.4 Å². The van der Waals surface area contributed by atoms with Crippen molar-refractivity contribution >= 4 is 15.7 Å². The van der Waals surface area contributed by atoms with Crippen molar-refractivity contribution in [2.24, 2.45) is 0 Å². The summed E-state index contributed by atoms with van der Waals surface area (Å²) in [4.78, 5) is 2.04. The smallest absolute Gasteiger partial charge is 0.244 e. The zero-order valence-electron chi connectivity index (χ0n) is 16.2. The normalized spacial score (nSPS) is 16.9. The highest BCUT2D eigenvalue weighted by molar-refractivity contribution is 7.89. The summed E-state index contributed by atoms with van der Waals surface area (Å²) in [7, 11) is 0.0852. The molecule has 0 aromatic heterocycles. The molecular formula is C21H25N3O3S. The molecule has 2 aromatic carbocycles. The lowest BCUT2D eigenvalue weighted by Gasteiger charge is -2.25. The predicted octanol–water partition coefficient (Wildman–Crippen LogP) is 2.99. The van der Waals surface area contributed by atoms with E-state index in [0.29, 0.717) is 6.61 Å². The summed E-state index contributed by atoms with van der Waals surface area (Å²) in [5.41, 5.74) is 2.09. The highest BCUT2D eigenvalue weighted by Gasteiger charge is 2.30. The van der Waals surface area contributed by atoms with E-state index in [9.17, 15) is 13.7 Å². The number of nitriles is 1. The van der Waals surface area contributed by atoms with E-state index in [1.54, 1.807) is 12.1 Å². The van der Waals surface area contributed by atoms with E-state index in [4.69, 9.17) is 4.74 Å². The fourth-order valence-corrected chi connectivity index (χ4v) is 4.89. The Bertz CT molecular complexity index is 944. The van der Waals surface area contributed by atoms with Crippen LogP contribution < -0.4 is 4.90 Å². The van der Waals surface area contributed by atoms with Gasteiger partial charge in [0.25, 0.3) is 0 Å². The third kappa shape index (κ3) is 4.53. The third-order valence-corrected chi connectivity index (χ3v) is 6.74. The van der Waals surface area contributed by atoms with Gasteiger partial charge in [-0.2, -0.15) is 9.57 Å². The number of hydrogen-bond acceptors (Lipinski definition) is 5. The van der Waals surface area contributed by atoms with Crippen LogP contribution in [0.4, 0.5) is 5.69 Å². The number of hydrogen-bond donors (Lipinski definition) is 0. The second-order valence-corrected chi connectivity index (χ2v) is 9.01. The molecule has 0 bridgehead atoms. The van der Waals surface area contributed by atoms with Crippen molar-refractivity contribution in [3.8, 4) is 6.07 Å². The number of sulfonamides is 1. The van der Waals surface area contributed by atoms with Gasteiger partial charge in [0.15, 0.2) is 0 Å². The molecule has 1 heterocycles. The van der Waals surface area contributed by atoms with Gasteiger partial charge in [0, 0.05) is 39.5 Å². The van der Waals surface area contributed by atoms with Crippen LogP contribution in [0.1, 0.15) is 24.0 Å². The average Bonchev–Trinajstić information content (AvgIpc) is 3.21. The molecule has 6 nitrogen and oxygen atoms in total. The average molecular weight is 400 g/mol. The first kappa shape index (κ1) is 20.3. The summed E-state index contributed by atoms with van der Waals surface area (Å²) in [5.74, 6) is 0. The van der Waals surface area contributed by atoms with E-state index in [0.717, 1.165) is 24.1 Å². The van der Waals surface area contributed by atoms with Crippen molar-refractivity contribution in [2.45, 2.75) is 30.4 Å². The second-order valence-electron chi connectivity index (χ2n) is 7.10. The van der Waals surface area contributed by atoms with E-state index < -0.39 is 10.0 Å². The Morgan fingerprint density at radius 3 is 2.46 bits per heavy atom. The minimum absolute atomic E-state index is 0.0420. The maximum atomic E-state index is 13.4. The molecule has 148 valence electrons. The van der Waals surface area contributed by atoms with Gasteiger partial charge in [-0.25, -0.2) is 8.42 Å². The number of rotatable bonds is 7. The van der Waals surface area contributed by atoms with Crippen molar-refractivity contribution in [1.82, 2.24) is 4.31 Å². The molecule has 1 atom stereocenters. The molecule has 1 unspecified atom stereocenters. The maximum Gasteiger partial charge on any atom is 0.244 e. The molecule has 1 aliphatic rings. The quantitative estimate of drug-likeness (QED) is 0.716. The first-order chi connectivity index (χ1) is 13.4. The lowest BCUT2D eigenvalue weighted by atomic mass is 10.2. The molecule has 3 rings (SSSR count). The Balaban J connectivity index is 1.93. The molecule has 2 aromatic rings. The lowest BCUT2D eigenvalue weighted by molar-refractivity contribution is 0.0926. The first-order valence-corrected chi connectivity index (χ1v) is 10.7. The molecule has 1 saturated heterocycles. The van der Waals surface area contributed by atoms with Crippen LogP contribution in [0.25, 0.3) is 0 Å². The fraction of sp³-hybridized carbons (Fsp3) is 0.381. The standard InChI is InChI=1S/C21H25N3O3S/c1-23(2)19-11-9-17(10-12-19)15-24(16-20-7-5-13-27-20)28(25,26)21-8-4-3-6-18(21)14-22/h3-4,6,8-12,20H,5,7,13,15-16H2,1-2H3. The van der Waals surface area contributed by atoms with Crippen molar-refractivity contribution in [2.75, 3.05) is 32.1 Å². The highest BCUT2D eigenvalue weighted by Crippen LogP contribution is 2.25. The van der Waals surface area contributed by atoms with Crippen LogP contribution in [-0.2, 0) is 21.3 Å². The van der Waals surface area contributed by atoms with Crippen LogP contribution >= 0.6 is 0 Å².